The van der Waals surface area contributed by atoms with E-state index in [-0.39, 0.29) is 5.56 Å². The SMILES string of the molecule is CCCNC(c1cscn1)c1ccc(F)c(F)c1F. The van der Waals surface area contributed by atoms with Crippen LogP contribution in [0.25, 0.3) is 0 Å². The second-order valence-corrected chi connectivity index (χ2v) is 4.78. The standard InChI is InChI=1S/C13H13F3N2S/c1-2-5-17-13(10-6-19-7-18-10)8-3-4-9(14)12(16)11(8)15/h3-4,6-7,13,17H,2,5H2,1H3. The van der Waals surface area contributed by atoms with Crippen molar-refractivity contribution in [2.45, 2.75) is 19.4 Å². The Kier molecular flexibility index (Phi) is 4.55. The number of nitrogens with zero attached hydrogens (tertiary/aromatic N) is 1. The van der Waals surface area contributed by atoms with Crippen LogP contribution in [0.15, 0.2) is 23.0 Å². The minimum atomic E-state index is -1.45. The topological polar surface area (TPSA) is 24.9 Å². The summed E-state index contributed by atoms with van der Waals surface area (Å²) < 4.78 is 40.1. The zero-order valence-electron chi connectivity index (χ0n) is 10.3. The normalized spacial score (nSPS) is 12.6. The largest absolute Gasteiger partial charge is 0.305 e. The molecule has 102 valence electrons. The first-order valence-corrected chi connectivity index (χ1v) is 6.84. The lowest BCUT2D eigenvalue weighted by atomic mass is 10.0. The molecule has 19 heavy (non-hydrogen) atoms. The Balaban J connectivity index is 2.41. The van der Waals surface area contributed by atoms with Crippen molar-refractivity contribution in [1.82, 2.24) is 10.3 Å². The van der Waals surface area contributed by atoms with E-state index in [9.17, 15) is 13.2 Å². The minimum Gasteiger partial charge on any atom is -0.305 e. The van der Waals surface area contributed by atoms with Gasteiger partial charge in [0.15, 0.2) is 17.5 Å². The maximum Gasteiger partial charge on any atom is 0.194 e. The van der Waals surface area contributed by atoms with Gasteiger partial charge in [-0.25, -0.2) is 18.2 Å². The molecular formula is C13H13F3N2S. The first-order valence-electron chi connectivity index (χ1n) is 5.90. The highest BCUT2D eigenvalue weighted by Crippen LogP contribution is 2.26. The molecule has 2 aromatic rings. The van der Waals surface area contributed by atoms with Gasteiger partial charge in [0, 0.05) is 10.9 Å². The molecule has 6 heteroatoms. The molecule has 0 bridgehead atoms. The van der Waals surface area contributed by atoms with Gasteiger partial charge in [-0.15, -0.1) is 11.3 Å². The minimum absolute atomic E-state index is 0.0678. The van der Waals surface area contributed by atoms with Crippen LogP contribution < -0.4 is 5.32 Å². The highest BCUT2D eigenvalue weighted by molar-refractivity contribution is 7.07. The van der Waals surface area contributed by atoms with E-state index in [1.165, 1.54) is 17.4 Å². The summed E-state index contributed by atoms with van der Waals surface area (Å²) in [7, 11) is 0. The lowest BCUT2D eigenvalue weighted by Crippen LogP contribution is -2.25. The van der Waals surface area contributed by atoms with Gasteiger partial charge >= 0.3 is 0 Å². The molecule has 2 nitrogen and oxygen atoms in total. The Bertz CT molecular complexity index is 543. The molecule has 0 radical (unpaired) electrons. The number of benzene rings is 1. The fraction of sp³-hybridized carbons (Fsp3) is 0.308. The summed E-state index contributed by atoms with van der Waals surface area (Å²) in [5.74, 6) is -3.80. The molecule has 0 aliphatic rings. The molecule has 1 unspecified atom stereocenters. The summed E-state index contributed by atoms with van der Waals surface area (Å²) in [5.41, 5.74) is 2.29. The third-order valence-electron chi connectivity index (χ3n) is 2.72. The third-order valence-corrected chi connectivity index (χ3v) is 3.33. The van der Waals surface area contributed by atoms with Crippen LogP contribution in [0.5, 0.6) is 0 Å². The maximum atomic E-state index is 13.9. The highest BCUT2D eigenvalue weighted by Gasteiger charge is 2.23. The van der Waals surface area contributed by atoms with Gasteiger partial charge in [-0.3, -0.25) is 0 Å². The Morgan fingerprint density at radius 1 is 1.26 bits per heavy atom. The monoisotopic (exact) mass is 286 g/mol. The van der Waals surface area contributed by atoms with Crippen LogP contribution in [-0.4, -0.2) is 11.5 Å². The summed E-state index contributed by atoms with van der Waals surface area (Å²) >= 11 is 1.37. The lowest BCUT2D eigenvalue weighted by Gasteiger charge is -2.18. The summed E-state index contributed by atoms with van der Waals surface area (Å²) in [5, 5.41) is 4.85. The molecule has 0 saturated carbocycles. The summed E-state index contributed by atoms with van der Waals surface area (Å²) in [6.45, 7) is 2.59. The number of hydrogen-bond acceptors (Lipinski definition) is 3. The van der Waals surface area contributed by atoms with Gasteiger partial charge in [0.2, 0.25) is 0 Å². The molecule has 0 spiro atoms. The molecule has 0 fully saturated rings. The lowest BCUT2D eigenvalue weighted by molar-refractivity contribution is 0.431. The average Bonchev–Trinajstić information content (AvgIpc) is 2.92. The van der Waals surface area contributed by atoms with Crippen molar-refractivity contribution in [3.63, 3.8) is 0 Å². The van der Waals surface area contributed by atoms with E-state index < -0.39 is 23.5 Å². The van der Waals surface area contributed by atoms with Gasteiger partial charge in [-0.2, -0.15) is 0 Å². The van der Waals surface area contributed by atoms with Crippen molar-refractivity contribution in [1.29, 1.82) is 0 Å². The van der Waals surface area contributed by atoms with Crippen molar-refractivity contribution in [3.8, 4) is 0 Å². The molecule has 0 aliphatic heterocycles. The molecule has 1 aromatic heterocycles. The van der Waals surface area contributed by atoms with E-state index in [1.807, 2.05) is 6.92 Å². The van der Waals surface area contributed by atoms with Crippen LogP contribution in [0.2, 0.25) is 0 Å². The van der Waals surface area contributed by atoms with Crippen LogP contribution in [-0.2, 0) is 0 Å². The van der Waals surface area contributed by atoms with Crippen LogP contribution in [0.1, 0.15) is 30.6 Å². The maximum absolute atomic E-state index is 13.9. The van der Waals surface area contributed by atoms with Crippen LogP contribution in [0, 0.1) is 17.5 Å². The van der Waals surface area contributed by atoms with E-state index in [0.29, 0.717) is 12.2 Å². The Morgan fingerprint density at radius 2 is 2.05 bits per heavy atom. The van der Waals surface area contributed by atoms with Crippen LogP contribution >= 0.6 is 11.3 Å². The first kappa shape index (κ1) is 14.0. The fourth-order valence-electron chi connectivity index (χ4n) is 1.79. The first-order chi connectivity index (χ1) is 9.15. The van der Waals surface area contributed by atoms with Gasteiger partial charge in [0.05, 0.1) is 17.2 Å². The predicted molar refractivity (Wildman–Crippen MR) is 68.6 cm³/mol. The van der Waals surface area contributed by atoms with E-state index >= 15 is 0 Å². The molecule has 1 heterocycles. The molecule has 1 N–H and O–H groups in total. The molecule has 1 atom stereocenters. The molecular weight excluding hydrogens is 273 g/mol. The van der Waals surface area contributed by atoms with Gasteiger partial charge in [-0.05, 0) is 19.0 Å². The molecule has 0 amide bonds. The smallest absolute Gasteiger partial charge is 0.194 e. The number of hydrogen-bond donors (Lipinski definition) is 1. The van der Waals surface area contributed by atoms with E-state index in [4.69, 9.17) is 0 Å². The van der Waals surface area contributed by atoms with Crippen molar-refractivity contribution >= 4 is 11.3 Å². The third kappa shape index (κ3) is 2.96. The van der Waals surface area contributed by atoms with Crippen molar-refractivity contribution in [2.75, 3.05) is 6.54 Å². The summed E-state index contributed by atoms with van der Waals surface area (Å²) in [6, 6.07) is 1.61. The number of rotatable bonds is 5. The average molecular weight is 286 g/mol. The predicted octanol–water partition coefficient (Wildman–Crippen LogP) is 3.65. The second-order valence-electron chi connectivity index (χ2n) is 4.07. The molecule has 0 aliphatic carbocycles. The number of halogens is 3. The van der Waals surface area contributed by atoms with E-state index in [2.05, 4.69) is 10.3 Å². The molecule has 2 rings (SSSR count). The zero-order chi connectivity index (χ0) is 13.8. The van der Waals surface area contributed by atoms with Crippen LogP contribution in [0.4, 0.5) is 13.2 Å². The van der Waals surface area contributed by atoms with E-state index in [0.717, 1.165) is 12.5 Å². The Morgan fingerprint density at radius 3 is 2.68 bits per heavy atom. The molecule has 0 saturated heterocycles. The summed E-state index contributed by atoms with van der Waals surface area (Å²) in [4.78, 5) is 4.11. The number of thiazole rings is 1. The Hall–Kier alpha value is -1.40. The van der Waals surface area contributed by atoms with Crippen molar-refractivity contribution < 1.29 is 13.2 Å². The Labute approximate surface area is 113 Å². The quantitative estimate of drug-likeness (QED) is 0.849. The second kappa shape index (κ2) is 6.16. The van der Waals surface area contributed by atoms with E-state index in [1.54, 1.807) is 10.9 Å². The van der Waals surface area contributed by atoms with Gasteiger partial charge in [0.1, 0.15) is 0 Å². The highest BCUT2D eigenvalue weighted by atomic mass is 32.1. The van der Waals surface area contributed by atoms with Crippen molar-refractivity contribution in [3.05, 3.63) is 51.7 Å². The molecule has 1 aromatic carbocycles. The summed E-state index contributed by atoms with van der Waals surface area (Å²) in [6.07, 6.45) is 0.839. The van der Waals surface area contributed by atoms with Gasteiger partial charge in [0.25, 0.3) is 0 Å². The van der Waals surface area contributed by atoms with Gasteiger partial charge in [-0.1, -0.05) is 13.0 Å². The fourth-order valence-corrected chi connectivity index (χ4v) is 2.37. The number of aromatic nitrogens is 1. The zero-order valence-corrected chi connectivity index (χ0v) is 11.1. The van der Waals surface area contributed by atoms with Crippen molar-refractivity contribution in [2.24, 2.45) is 0 Å². The number of nitrogens with one attached hydrogen (secondary N) is 1. The van der Waals surface area contributed by atoms with Gasteiger partial charge < -0.3 is 5.32 Å². The van der Waals surface area contributed by atoms with Crippen LogP contribution in [0.3, 0.4) is 0 Å².